The van der Waals surface area contributed by atoms with Crippen LogP contribution in [0.5, 0.6) is 11.6 Å². The summed E-state index contributed by atoms with van der Waals surface area (Å²) in [5.41, 5.74) is 6.03. The number of aromatic nitrogens is 2. The molecular weight excluding hydrogens is 307 g/mol. The van der Waals surface area contributed by atoms with Crippen molar-refractivity contribution in [3.8, 4) is 11.6 Å². The van der Waals surface area contributed by atoms with Crippen LogP contribution < -0.4 is 10.5 Å². The van der Waals surface area contributed by atoms with E-state index in [1.807, 2.05) is 0 Å². The topological polar surface area (TPSA) is 61.0 Å². The Labute approximate surface area is 129 Å². The van der Waals surface area contributed by atoms with E-state index in [1.54, 1.807) is 25.1 Å². The van der Waals surface area contributed by atoms with Gasteiger partial charge >= 0.3 is 6.18 Å². The van der Waals surface area contributed by atoms with Crippen LogP contribution >= 0.6 is 0 Å². The van der Waals surface area contributed by atoms with Gasteiger partial charge in [-0.3, -0.25) is 0 Å². The SMILES string of the molecule is Cc1nc(Oc2cccc(C(F)(F)F)c2)c2cccc(N)c2n1. The highest BCUT2D eigenvalue weighted by atomic mass is 19.4. The lowest BCUT2D eigenvalue weighted by Gasteiger charge is -2.12. The maximum absolute atomic E-state index is 12.8. The van der Waals surface area contributed by atoms with Crippen molar-refractivity contribution < 1.29 is 17.9 Å². The fourth-order valence-electron chi connectivity index (χ4n) is 2.18. The fourth-order valence-corrected chi connectivity index (χ4v) is 2.18. The Kier molecular flexibility index (Phi) is 3.55. The first kappa shape index (κ1) is 15.1. The molecule has 4 nitrogen and oxygen atoms in total. The Morgan fingerprint density at radius 2 is 1.78 bits per heavy atom. The van der Waals surface area contributed by atoms with Gasteiger partial charge in [-0.05, 0) is 37.3 Å². The molecule has 0 saturated carbocycles. The Morgan fingerprint density at radius 1 is 1.04 bits per heavy atom. The van der Waals surface area contributed by atoms with E-state index in [9.17, 15) is 13.2 Å². The minimum atomic E-state index is -4.44. The first-order valence-corrected chi connectivity index (χ1v) is 6.72. The van der Waals surface area contributed by atoms with E-state index in [2.05, 4.69) is 9.97 Å². The zero-order chi connectivity index (χ0) is 16.6. The number of anilines is 1. The van der Waals surface area contributed by atoms with Crippen molar-refractivity contribution in [2.24, 2.45) is 0 Å². The predicted octanol–water partition coefficient (Wildman–Crippen LogP) is 4.33. The lowest BCUT2D eigenvalue weighted by molar-refractivity contribution is -0.137. The van der Waals surface area contributed by atoms with Gasteiger partial charge < -0.3 is 10.5 Å². The van der Waals surface area contributed by atoms with Crippen molar-refractivity contribution in [3.05, 3.63) is 53.9 Å². The fraction of sp³-hybridized carbons (Fsp3) is 0.125. The smallest absolute Gasteiger partial charge is 0.416 e. The highest BCUT2D eigenvalue weighted by Gasteiger charge is 2.30. The summed E-state index contributed by atoms with van der Waals surface area (Å²) in [5, 5.41) is 0.535. The van der Waals surface area contributed by atoms with E-state index >= 15 is 0 Å². The Morgan fingerprint density at radius 3 is 2.52 bits per heavy atom. The summed E-state index contributed by atoms with van der Waals surface area (Å²) in [6, 6.07) is 9.71. The monoisotopic (exact) mass is 319 g/mol. The maximum Gasteiger partial charge on any atom is 0.416 e. The molecule has 23 heavy (non-hydrogen) atoms. The van der Waals surface area contributed by atoms with Crippen LogP contribution in [0.4, 0.5) is 18.9 Å². The molecule has 0 aliphatic rings. The zero-order valence-electron chi connectivity index (χ0n) is 12.1. The van der Waals surface area contributed by atoms with Crippen LogP contribution in [0, 0.1) is 6.92 Å². The molecule has 1 heterocycles. The first-order valence-electron chi connectivity index (χ1n) is 6.72. The third kappa shape index (κ3) is 3.03. The quantitative estimate of drug-likeness (QED) is 0.714. The lowest BCUT2D eigenvalue weighted by atomic mass is 10.2. The van der Waals surface area contributed by atoms with Gasteiger partial charge in [-0.25, -0.2) is 4.98 Å². The van der Waals surface area contributed by atoms with Gasteiger partial charge in [-0.2, -0.15) is 18.2 Å². The second-order valence-corrected chi connectivity index (χ2v) is 4.95. The van der Waals surface area contributed by atoms with Crippen LogP contribution in [0.25, 0.3) is 10.9 Å². The van der Waals surface area contributed by atoms with Crippen molar-refractivity contribution >= 4 is 16.6 Å². The van der Waals surface area contributed by atoms with Crippen molar-refractivity contribution in [1.82, 2.24) is 9.97 Å². The summed E-state index contributed by atoms with van der Waals surface area (Å²) in [6.45, 7) is 1.66. The molecule has 2 aromatic carbocycles. The van der Waals surface area contributed by atoms with E-state index in [0.29, 0.717) is 22.4 Å². The first-order chi connectivity index (χ1) is 10.8. The van der Waals surface area contributed by atoms with E-state index in [4.69, 9.17) is 10.5 Å². The molecule has 0 spiro atoms. The van der Waals surface area contributed by atoms with Gasteiger partial charge in [0.25, 0.3) is 0 Å². The second kappa shape index (κ2) is 5.42. The lowest BCUT2D eigenvalue weighted by Crippen LogP contribution is -2.04. The standard InChI is InChI=1S/C16H12F3N3O/c1-9-21-14-12(6-3-7-13(14)20)15(22-9)23-11-5-2-4-10(8-11)16(17,18)19/h2-8H,20H2,1H3. The number of nitrogen functional groups attached to an aromatic ring is 1. The van der Waals surface area contributed by atoms with Crippen LogP contribution in [-0.4, -0.2) is 9.97 Å². The number of halogens is 3. The molecular formula is C16H12F3N3O. The molecule has 0 aliphatic carbocycles. The number of hydrogen-bond acceptors (Lipinski definition) is 4. The second-order valence-electron chi connectivity index (χ2n) is 4.95. The number of para-hydroxylation sites is 1. The number of fused-ring (bicyclic) bond motifs is 1. The normalized spacial score (nSPS) is 11.7. The number of aryl methyl sites for hydroxylation is 1. The van der Waals surface area contributed by atoms with Crippen LogP contribution in [0.1, 0.15) is 11.4 Å². The Bertz CT molecular complexity index is 878. The van der Waals surface area contributed by atoms with E-state index in [1.165, 1.54) is 12.1 Å². The third-order valence-corrected chi connectivity index (χ3v) is 3.21. The van der Waals surface area contributed by atoms with Gasteiger partial charge in [-0.1, -0.05) is 12.1 Å². The molecule has 0 bridgehead atoms. The minimum Gasteiger partial charge on any atom is -0.438 e. The molecule has 1 aromatic heterocycles. The summed E-state index contributed by atoms with van der Waals surface area (Å²) in [6.07, 6.45) is -4.44. The number of hydrogen-bond donors (Lipinski definition) is 1. The summed E-state index contributed by atoms with van der Waals surface area (Å²) < 4.78 is 43.9. The van der Waals surface area contributed by atoms with Crippen molar-refractivity contribution in [3.63, 3.8) is 0 Å². The molecule has 7 heteroatoms. The molecule has 0 aliphatic heterocycles. The Hall–Kier alpha value is -2.83. The van der Waals surface area contributed by atoms with Crippen molar-refractivity contribution in [2.75, 3.05) is 5.73 Å². The van der Waals surface area contributed by atoms with E-state index in [0.717, 1.165) is 12.1 Å². The molecule has 0 radical (unpaired) electrons. The molecule has 0 unspecified atom stereocenters. The van der Waals surface area contributed by atoms with Gasteiger partial charge in [-0.15, -0.1) is 0 Å². The number of rotatable bonds is 2. The van der Waals surface area contributed by atoms with E-state index < -0.39 is 11.7 Å². The molecule has 0 fully saturated rings. The number of nitrogens with two attached hydrogens (primary N) is 1. The van der Waals surface area contributed by atoms with Crippen LogP contribution in [-0.2, 0) is 6.18 Å². The van der Waals surface area contributed by atoms with Crippen LogP contribution in [0.3, 0.4) is 0 Å². The molecule has 2 N–H and O–H groups in total. The largest absolute Gasteiger partial charge is 0.438 e. The van der Waals surface area contributed by atoms with Crippen molar-refractivity contribution in [2.45, 2.75) is 13.1 Å². The van der Waals surface area contributed by atoms with Gasteiger partial charge in [0, 0.05) is 0 Å². The molecule has 3 rings (SSSR count). The van der Waals surface area contributed by atoms with Gasteiger partial charge in [0.1, 0.15) is 17.1 Å². The average molecular weight is 319 g/mol. The van der Waals surface area contributed by atoms with E-state index in [-0.39, 0.29) is 11.6 Å². The number of ether oxygens (including phenoxy) is 1. The predicted molar refractivity (Wildman–Crippen MR) is 80.2 cm³/mol. The molecule has 0 saturated heterocycles. The molecule has 0 atom stereocenters. The summed E-state index contributed by atoms with van der Waals surface area (Å²) in [4.78, 5) is 8.40. The molecule has 3 aromatic rings. The summed E-state index contributed by atoms with van der Waals surface area (Å²) in [7, 11) is 0. The number of benzene rings is 2. The summed E-state index contributed by atoms with van der Waals surface area (Å²) >= 11 is 0. The van der Waals surface area contributed by atoms with Gasteiger partial charge in [0.05, 0.1) is 16.6 Å². The third-order valence-electron chi connectivity index (χ3n) is 3.21. The van der Waals surface area contributed by atoms with Crippen LogP contribution in [0.2, 0.25) is 0 Å². The molecule has 0 amide bonds. The van der Waals surface area contributed by atoms with Crippen LogP contribution in [0.15, 0.2) is 42.5 Å². The van der Waals surface area contributed by atoms with Crippen molar-refractivity contribution in [1.29, 1.82) is 0 Å². The number of alkyl halides is 3. The van der Waals surface area contributed by atoms with Gasteiger partial charge in [0.15, 0.2) is 0 Å². The average Bonchev–Trinajstić information content (AvgIpc) is 2.48. The highest BCUT2D eigenvalue weighted by molar-refractivity contribution is 5.92. The van der Waals surface area contributed by atoms with Gasteiger partial charge in [0.2, 0.25) is 5.88 Å². The zero-order valence-corrected chi connectivity index (χ0v) is 12.1. The molecule has 118 valence electrons. The number of nitrogens with zero attached hydrogens (tertiary/aromatic N) is 2. The Balaban J connectivity index is 2.07. The minimum absolute atomic E-state index is 0.0432. The maximum atomic E-state index is 12.8. The highest BCUT2D eigenvalue weighted by Crippen LogP contribution is 2.34. The summed E-state index contributed by atoms with van der Waals surface area (Å²) in [5.74, 6) is 0.623.